The molecular weight excluding hydrogens is 438 g/mol. The molecule has 0 atom stereocenters. The number of aryl methyl sites for hydroxylation is 1. The third-order valence-corrected chi connectivity index (χ3v) is 6.89. The van der Waals surface area contributed by atoms with Crippen molar-refractivity contribution in [1.82, 2.24) is 3.97 Å². The number of hydrogen-bond donors (Lipinski definition) is 0. The first-order valence-corrected chi connectivity index (χ1v) is 10.8. The minimum Gasteiger partial charge on any atom is -0.296 e. The quantitative estimate of drug-likeness (QED) is 0.387. The summed E-state index contributed by atoms with van der Waals surface area (Å²) < 4.78 is 28.9. The molecule has 0 fully saturated rings. The Bertz CT molecular complexity index is 1290. The minimum absolute atomic E-state index is 0.111. The first-order chi connectivity index (χ1) is 13.4. The van der Waals surface area contributed by atoms with E-state index in [-0.39, 0.29) is 10.6 Å². The summed E-state index contributed by atoms with van der Waals surface area (Å²) in [6.07, 6.45) is 0.613. The summed E-state index contributed by atoms with van der Waals surface area (Å²) in [5.74, 6) is 0. The van der Waals surface area contributed by atoms with Crippen molar-refractivity contribution in [2.75, 3.05) is 0 Å². The van der Waals surface area contributed by atoms with E-state index in [0.29, 0.717) is 22.8 Å². The summed E-state index contributed by atoms with van der Waals surface area (Å²) in [7, 11) is -3.95. The van der Waals surface area contributed by atoms with Crippen LogP contribution in [0.15, 0.2) is 82.2 Å². The molecule has 6 heteroatoms. The molecule has 0 N–H and O–H groups in total. The fraction of sp³-hybridized carbons (Fsp3) is 0.0455. The average molecular weight is 454 g/mol. The maximum atomic E-state index is 13.5. The fourth-order valence-electron chi connectivity index (χ4n) is 3.34. The van der Waals surface area contributed by atoms with E-state index in [1.807, 2.05) is 43.3 Å². The zero-order valence-electron chi connectivity index (χ0n) is 15.0. The smallest absolute Gasteiger partial charge is 0.268 e. The number of aldehydes is 1. The van der Waals surface area contributed by atoms with Crippen LogP contribution in [0.2, 0.25) is 0 Å². The van der Waals surface area contributed by atoms with Crippen molar-refractivity contribution in [3.63, 3.8) is 0 Å². The number of halogens is 1. The lowest BCUT2D eigenvalue weighted by Crippen LogP contribution is -2.15. The molecule has 4 rings (SSSR count). The third-order valence-electron chi connectivity index (χ3n) is 4.65. The van der Waals surface area contributed by atoms with Crippen molar-refractivity contribution in [2.45, 2.75) is 11.8 Å². The Morgan fingerprint density at radius 1 is 0.929 bits per heavy atom. The number of carbonyl (C=O) groups is 1. The highest BCUT2D eigenvalue weighted by molar-refractivity contribution is 9.10. The number of nitrogens with zero attached hydrogens (tertiary/aromatic N) is 1. The highest BCUT2D eigenvalue weighted by atomic mass is 79.9. The molecule has 0 aliphatic carbocycles. The van der Waals surface area contributed by atoms with Crippen LogP contribution in [0.1, 0.15) is 16.1 Å². The molecule has 4 aromatic rings. The fourth-order valence-corrected chi connectivity index (χ4v) is 5.21. The Balaban J connectivity index is 2.13. The molecule has 1 aromatic heterocycles. The predicted molar refractivity (Wildman–Crippen MR) is 114 cm³/mol. The summed E-state index contributed by atoms with van der Waals surface area (Å²) in [5.41, 5.74) is 2.92. The van der Waals surface area contributed by atoms with Crippen molar-refractivity contribution in [3.05, 3.63) is 88.5 Å². The summed E-state index contributed by atoms with van der Waals surface area (Å²) in [6.45, 7) is 1.89. The largest absolute Gasteiger partial charge is 0.296 e. The molecule has 1 heterocycles. The first-order valence-electron chi connectivity index (χ1n) is 8.60. The Kier molecular flexibility index (Phi) is 4.69. The number of benzene rings is 3. The second-order valence-electron chi connectivity index (χ2n) is 6.49. The number of carbonyl (C=O) groups excluding carboxylic acids is 1. The van der Waals surface area contributed by atoms with E-state index in [1.54, 1.807) is 36.4 Å². The van der Waals surface area contributed by atoms with Crippen molar-refractivity contribution in [1.29, 1.82) is 0 Å². The molecule has 0 bridgehead atoms. The van der Waals surface area contributed by atoms with Gasteiger partial charge in [0.15, 0.2) is 6.29 Å². The third kappa shape index (κ3) is 2.99. The molecule has 0 aliphatic heterocycles. The molecule has 0 amide bonds. The van der Waals surface area contributed by atoms with Gasteiger partial charge in [0.25, 0.3) is 10.0 Å². The van der Waals surface area contributed by atoms with Crippen LogP contribution in [0.25, 0.3) is 22.0 Å². The normalized spacial score (nSPS) is 11.6. The van der Waals surface area contributed by atoms with E-state index in [4.69, 9.17) is 0 Å². The molecule has 0 unspecified atom stereocenters. The van der Waals surface area contributed by atoms with E-state index in [1.165, 1.54) is 0 Å². The maximum Gasteiger partial charge on any atom is 0.268 e. The predicted octanol–water partition coefficient (Wildman–Crippen LogP) is 5.43. The lowest BCUT2D eigenvalue weighted by Gasteiger charge is -2.10. The highest BCUT2D eigenvalue weighted by Gasteiger charge is 2.27. The first kappa shape index (κ1) is 18.7. The van der Waals surface area contributed by atoms with Gasteiger partial charge in [0.2, 0.25) is 0 Å². The van der Waals surface area contributed by atoms with Gasteiger partial charge in [-0.2, -0.15) is 0 Å². The molecule has 3 aromatic carbocycles. The van der Waals surface area contributed by atoms with Gasteiger partial charge in [0.1, 0.15) is 5.69 Å². The van der Waals surface area contributed by atoms with Crippen LogP contribution in [0.5, 0.6) is 0 Å². The summed E-state index contributed by atoms with van der Waals surface area (Å²) in [6, 6.07) is 21.3. The number of hydrogen-bond acceptors (Lipinski definition) is 3. The molecule has 140 valence electrons. The Morgan fingerprint density at radius 2 is 1.61 bits per heavy atom. The van der Waals surface area contributed by atoms with Gasteiger partial charge < -0.3 is 0 Å². The van der Waals surface area contributed by atoms with Crippen molar-refractivity contribution >= 4 is 43.1 Å². The summed E-state index contributed by atoms with van der Waals surface area (Å²) in [4.78, 5) is 12.3. The molecule has 0 saturated carbocycles. The van der Waals surface area contributed by atoms with Crippen molar-refractivity contribution in [2.24, 2.45) is 0 Å². The van der Waals surface area contributed by atoms with Crippen LogP contribution in [-0.2, 0) is 10.0 Å². The van der Waals surface area contributed by atoms with Crippen molar-refractivity contribution < 1.29 is 13.2 Å². The number of aromatic nitrogens is 1. The van der Waals surface area contributed by atoms with Gasteiger partial charge in [-0.15, -0.1) is 0 Å². The van der Waals surface area contributed by atoms with E-state index in [0.717, 1.165) is 19.6 Å². The van der Waals surface area contributed by atoms with Gasteiger partial charge in [-0.3, -0.25) is 4.79 Å². The van der Waals surface area contributed by atoms with Crippen LogP contribution in [0.4, 0.5) is 0 Å². The molecule has 4 nitrogen and oxygen atoms in total. The van der Waals surface area contributed by atoms with Crippen LogP contribution in [0.3, 0.4) is 0 Å². The second-order valence-corrected chi connectivity index (χ2v) is 9.19. The molecule has 28 heavy (non-hydrogen) atoms. The zero-order chi connectivity index (χ0) is 19.9. The molecule has 0 aliphatic rings. The van der Waals surface area contributed by atoms with Crippen LogP contribution >= 0.6 is 15.9 Å². The van der Waals surface area contributed by atoms with E-state index >= 15 is 0 Å². The summed E-state index contributed by atoms with van der Waals surface area (Å²) in [5, 5.41) is 0.693. The monoisotopic (exact) mass is 453 g/mol. The second kappa shape index (κ2) is 7.04. The van der Waals surface area contributed by atoms with E-state index in [9.17, 15) is 13.2 Å². The standard InChI is InChI=1S/C22H16BrNO3S/c1-15-7-10-18(11-8-15)28(26,27)24-20-12-9-17(23)13-19(20)22(21(24)14-25)16-5-3-2-4-6-16/h2-14H,1H3. The van der Waals surface area contributed by atoms with Gasteiger partial charge in [0, 0.05) is 15.4 Å². The lowest BCUT2D eigenvalue weighted by molar-refractivity contribution is 0.111. The molecule has 0 radical (unpaired) electrons. The van der Waals surface area contributed by atoms with Gasteiger partial charge in [-0.05, 0) is 42.8 Å². The lowest BCUT2D eigenvalue weighted by atomic mass is 10.0. The topological polar surface area (TPSA) is 56.1 Å². The SMILES string of the molecule is Cc1ccc(S(=O)(=O)n2c(C=O)c(-c3ccccc3)c3cc(Br)ccc32)cc1. The summed E-state index contributed by atoms with van der Waals surface area (Å²) >= 11 is 3.45. The Morgan fingerprint density at radius 3 is 2.25 bits per heavy atom. The van der Waals surface area contributed by atoms with E-state index in [2.05, 4.69) is 15.9 Å². The highest BCUT2D eigenvalue weighted by Crippen LogP contribution is 2.37. The van der Waals surface area contributed by atoms with Gasteiger partial charge in [-0.25, -0.2) is 12.4 Å². The Hall–Kier alpha value is -2.70. The maximum absolute atomic E-state index is 13.5. The van der Waals surface area contributed by atoms with Gasteiger partial charge in [-0.1, -0.05) is 64.0 Å². The van der Waals surface area contributed by atoms with E-state index < -0.39 is 10.0 Å². The molecular formula is C22H16BrNO3S. The average Bonchev–Trinajstić information content (AvgIpc) is 3.03. The minimum atomic E-state index is -3.95. The zero-order valence-corrected chi connectivity index (χ0v) is 17.4. The van der Waals surface area contributed by atoms with Crippen molar-refractivity contribution in [3.8, 4) is 11.1 Å². The van der Waals surface area contributed by atoms with Gasteiger partial charge >= 0.3 is 0 Å². The molecule has 0 saturated heterocycles. The molecule has 0 spiro atoms. The Labute approximate surface area is 171 Å². The van der Waals surface area contributed by atoms with Crippen LogP contribution in [-0.4, -0.2) is 18.7 Å². The van der Waals surface area contributed by atoms with Crippen LogP contribution < -0.4 is 0 Å². The van der Waals surface area contributed by atoms with Gasteiger partial charge in [0.05, 0.1) is 10.4 Å². The van der Waals surface area contributed by atoms with Crippen LogP contribution in [0, 0.1) is 6.92 Å². The number of rotatable bonds is 4. The number of fused-ring (bicyclic) bond motifs is 1.